The van der Waals surface area contributed by atoms with Crippen molar-refractivity contribution in [1.29, 1.82) is 0 Å². The van der Waals surface area contributed by atoms with Gasteiger partial charge in [0.15, 0.2) is 0 Å². The standard InChI is InChI=1S/C21H36Cl2N4/c1-26(2)21-13-19(15-6-3-4-7-18(15)24-21)25-20-8-5-11-27(20)14-9-10-16(22)17(23)12-14/h14-19,21,24H,3-13H2,1-2H3. The van der Waals surface area contributed by atoms with Crippen LogP contribution in [-0.4, -0.2) is 71.3 Å². The summed E-state index contributed by atoms with van der Waals surface area (Å²) in [6.45, 7) is 1.15. The maximum absolute atomic E-state index is 6.51. The molecule has 2 aliphatic carbocycles. The van der Waals surface area contributed by atoms with Gasteiger partial charge in [-0.3, -0.25) is 15.2 Å². The molecule has 6 heteroatoms. The number of nitrogens with one attached hydrogen (secondary N) is 1. The van der Waals surface area contributed by atoms with Crippen molar-refractivity contribution < 1.29 is 0 Å². The number of piperidine rings is 1. The summed E-state index contributed by atoms with van der Waals surface area (Å²) in [4.78, 5) is 10.4. The van der Waals surface area contributed by atoms with E-state index in [1.54, 1.807) is 0 Å². The van der Waals surface area contributed by atoms with Gasteiger partial charge in [-0.05, 0) is 65.0 Å². The molecule has 0 bridgehead atoms. The van der Waals surface area contributed by atoms with E-state index in [1.807, 2.05) is 0 Å². The smallest absolute Gasteiger partial charge is 0.0995 e. The van der Waals surface area contributed by atoms with Crippen LogP contribution in [0.4, 0.5) is 0 Å². The second-order valence-electron chi connectivity index (χ2n) is 9.35. The Morgan fingerprint density at radius 2 is 1.81 bits per heavy atom. The topological polar surface area (TPSA) is 30.9 Å². The van der Waals surface area contributed by atoms with E-state index >= 15 is 0 Å². The minimum atomic E-state index is 0.104. The summed E-state index contributed by atoms with van der Waals surface area (Å²) in [5, 5.41) is 4.15. The molecule has 0 radical (unpaired) electrons. The highest BCUT2D eigenvalue weighted by molar-refractivity contribution is 6.30. The van der Waals surface area contributed by atoms with Crippen LogP contribution in [0.15, 0.2) is 4.99 Å². The van der Waals surface area contributed by atoms with E-state index in [2.05, 4.69) is 29.2 Å². The lowest BCUT2D eigenvalue weighted by Gasteiger charge is -2.46. The summed E-state index contributed by atoms with van der Waals surface area (Å²) < 4.78 is 0. The zero-order valence-corrected chi connectivity index (χ0v) is 18.4. The van der Waals surface area contributed by atoms with Gasteiger partial charge in [0.25, 0.3) is 0 Å². The SMILES string of the molecule is CN(C)C1CC(N=C2CCCN2C2CCC(Cl)C(Cl)C2)C2CCCCC2N1. The molecule has 4 fully saturated rings. The molecule has 0 amide bonds. The fourth-order valence-electron chi connectivity index (χ4n) is 5.80. The third kappa shape index (κ3) is 4.44. The summed E-state index contributed by atoms with van der Waals surface area (Å²) >= 11 is 12.9. The zero-order chi connectivity index (χ0) is 19.0. The van der Waals surface area contributed by atoms with Crippen LogP contribution >= 0.6 is 23.2 Å². The average molecular weight is 415 g/mol. The van der Waals surface area contributed by atoms with Gasteiger partial charge in [-0.1, -0.05) is 12.8 Å². The van der Waals surface area contributed by atoms with Crippen molar-refractivity contribution >= 4 is 29.0 Å². The molecule has 4 aliphatic rings. The van der Waals surface area contributed by atoms with Crippen LogP contribution in [0.3, 0.4) is 0 Å². The molecule has 27 heavy (non-hydrogen) atoms. The third-order valence-corrected chi connectivity index (χ3v) is 8.49. The van der Waals surface area contributed by atoms with E-state index in [-0.39, 0.29) is 10.8 Å². The number of aliphatic imine (C=N–C) groups is 1. The number of alkyl halides is 2. The number of halogens is 2. The fourth-order valence-corrected chi connectivity index (χ4v) is 6.36. The highest BCUT2D eigenvalue weighted by atomic mass is 35.5. The van der Waals surface area contributed by atoms with Gasteiger partial charge >= 0.3 is 0 Å². The number of rotatable bonds is 3. The molecular formula is C21H36Cl2N4. The Hall–Kier alpha value is -0.0300. The summed E-state index contributed by atoms with van der Waals surface area (Å²) in [5.41, 5.74) is 0. The van der Waals surface area contributed by atoms with E-state index < -0.39 is 0 Å². The van der Waals surface area contributed by atoms with E-state index in [1.165, 1.54) is 37.9 Å². The molecule has 2 aliphatic heterocycles. The van der Waals surface area contributed by atoms with Crippen LogP contribution in [0, 0.1) is 5.92 Å². The summed E-state index contributed by atoms with van der Waals surface area (Å²) in [7, 11) is 4.39. The van der Waals surface area contributed by atoms with E-state index in [9.17, 15) is 0 Å². The largest absolute Gasteiger partial charge is 0.357 e. The second-order valence-corrected chi connectivity index (χ2v) is 10.5. The predicted molar refractivity (Wildman–Crippen MR) is 115 cm³/mol. The number of hydrogen-bond donors (Lipinski definition) is 1. The van der Waals surface area contributed by atoms with Crippen molar-refractivity contribution in [3.8, 4) is 0 Å². The fraction of sp³-hybridized carbons (Fsp3) is 0.952. The summed E-state index contributed by atoms with van der Waals surface area (Å²) in [5.74, 6) is 2.08. The number of fused-ring (bicyclic) bond motifs is 1. The Bertz CT molecular complexity index is 540. The van der Waals surface area contributed by atoms with Crippen LogP contribution in [-0.2, 0) is 0 Å². The summed E-state index contributed by atoms with van der Waals surface area (Å²) in [6.07, 6.45) is 12.5. The highest BCUT2D eigenvalue weighted by Crippen LogP contribution is 2.37. The molecule has 154 valence electrons. The first-order valence-electron chi connectivity index (χ1n) is 11.1. The molecule has 2 saturated carbocycles. The van der Waals surface area contributed by atoms with Crippen molar-refractivity contribution in [3.63, 3.8) is 0 Å². The minimum Gasteiger partial charge on any atom is -0.357 e. The van der Waals surface area contributed by atoms with Gasteiger partial charge in [0, 0.05) is 25.0 Å². The van der Waals surface area contributed by atoms with Gasteiger partial charge in [-0.15, -0.1) is 23.2 Å². The van der Waals surface area contributed by atoms with Crippen LogP contribution < -0.4 is 5.32 Å². The van der Waals surface area contributed by atoms with Crippen molar-refractivity contribution in [2.75, 3.05) is 20.6 Å². The van der Waals surface area contributed by atoms with Crippen LogP contribution in [0.2, 0.25) is 0 Å². The zero-order valence-electron chi connectivity index (χ0n) is 16.9. The highest BCUT2D eigenvalue weighted by Gasteiger charge is 2.40. The lowest BCUT2D eigenvalue weighted by atomic mass is 9.75. The molecule has 0 aromatic carbocycles. The first-order chi connectivity index (χ1) is 13.0. The van der Waals surface area contributed by atoms with Gasteiger partial charge in [0.1, 0.15) is 0 Å². The molecule has 2 heterocycles. The van der Waals surface area contributed by atoms with Crippen molar-refractivity contribution in [3.05, 3.63) is 0 Å². The Labute approximate surface area is 175 Å². The van der Waals surface area contributed by atoms with Crippen molar-refractivity contribution in [2.24, 2.45) is 10.9 Å². The first kappa shape index (κ1) is 20.3. The quantitative estimate of drug-likeness (QED) is 0.706. The Kier molecular flexibility index (Phi) is 6.58. The van der Waals surface area contributed by atoms with E-state index in [0.29, 0.717) is 30.2 Å². The molecule has 1 N–H and O–H groups in total. The second kappa shape index (κ2) is 8.77. The van der Waals surface area contributed by atoms with Crippen LogP contribution in [0.5, 0.6) is 0 Å². The first-order valence-corrected chi connectivity index (χ1v) is 11.9. The van der Waals surface area contributed by atoms with E-state index in [0.717, 1.165) is 38.6 Å². The molecular weight excluding hydrogens is 379 g/mol. The normalized spacial score (nSPS) is 44.7. The van der Waals surface area contributed by atoms with Crippen LogP contribution in [0.25, 0.3) is 0 Å². The molecule has 4 rings (SSSR count). The minimum absolute atomic E-state index is 0.104. The van der Waals surface area contributed by atoms with Crippen molar-refractivity contribution in [1.82, 2.24) is 15.1 Å². The monoisotopic (exact) mass is 414 g/mol. The maximum Gasteiger partial charge on any atom is 0.0995 e. The third-order valence-electron chi connectivity index (χ3n) is 7.36. The lowest BCUT2D eigenvalue weighted by molar-refractivity contribution is 0.0882. The molecule has 0 spiro atoms. The van der Waals surface area contributed by atoms with Gasteiger partial charge in [0.2, 0.25) is 0 Å². The van der Waals surface area contributed by atoms with Gasteiger partial charge in [0.05, 0.1) is 28.8 Å². The Morgan fingerprint density at radius 3 is 2.59 bits per heavy atom. The molecule has 7 atom stereocenters. The average Bonchev–Trinajstić information content (AvgIpc) is 3.12. The van der Waals surface area contributed by atoms with Crippen molar-refractivity contribution in [2.45, 2.75) is 99.3 Å². The number of likely N-dealkylation sites (tertiary alicyclic amines) is 1. The van der Waals surface area contributed by atoms with E-state index in [4.69, 9.17) is 28.2 Å². The molecule has 4 nitrogen and oxygen atoms in total. The molecule has 0 aromatic heterocycles. The van der Waals surface area contributed by atoms with Gasteiger partial charge in [-0.2, -0.15) is 0 Å². The lowest BCUT2D eigenvalue weighted by Crippen LogP contribution is -2.59. The molecule has 7 unspecified atom stereocenters. The number of amidine groups is 1. The number of nitrogens with zero attached hydrogens (tertiary/aromatic N) is 3. The maximum atomic E-state index is 6.51. The van der Waals surface area contributed by atoms with Crippen LogP contribution in [0.1, 0.15) is 64.2 Å². The predicted octanol–water partition coefficient (Wildman–Crippen LogP) is 4.06. The summed E-state index contributed by atoms with van der Waals surface area (Å²) in [6, 6.07) is 1.65. The number of hydrogen-bond acceptors (Lipinski definition) is 3. The van der Waals surface area contributed by atoms with Gasteiger partial charge < -0.3 is 4.90 Å². The molecule has 2 saturated heterocycles. The van der Waals surface area contributed by atoms with Gasteiger partial charge in [-0.25, -0.2) is 0 Å². The Balaban J connectivity index is 1.51. The molecule has 0 aromatic rings. The Morgan fingerprint density at radius 1 is 1.00 bits per heavy atom.